The van der Waals surface area contributed by atoms with Gasteiger partial charge in [0.15, 0.2) is 0 Å². The Morgan fingerprint density at radius 1 is 1.35 bits per heavy atom. The number of benzene rings is 1. The number of hydrogen-bond acceptors (Lipinski definition) is 4. The number of amides is 2. The van der Waals surface area contributed by atoms with Gasteiger partial charge in [-0.3, -0.25) is 14.6 Å². The molecule has 5 nitrogen and oxygen atoms in total. The van der Waals surface area contributed by atoms with Gasteiger partial charge in [0.25, 0.3) is 0 Å². The van der Waals surface area contributed by atoms with Gasteiger partial charge in [-0.1, -0.05) is 6.07 Å². The number of carbonyl (C=O) groups is 2. The molecule has 0 spiro atoms. The minimum atomic E-state index is -0.746. The van der Waals surface area contributed by atoms with Crippen molar-refractivity contribution in [3.8, 4) is 0 Å². The van der Waals surface area contributed by atoms with E-state index in [2.05, 4.69) is 10.3 Å². The zero-order valence-electron chi connectivity index (χ0n) is 12.5. The van der Waals surface area contributed by atoms with Gasteiger partial charge in [-0.25, -0.2) is 4.39 Å². The van der Waals surface area contributed by atoms with E-state index in [0.717, 1.165) is 11.8 Å². The van der Waals surface area contributed by atoms with Crippen molar-refractivity contribution in [3.63, 3.8) is 0 Å². The minimum absolute atomic E-state index is 0.0181. The molecule has 2 rings (SSSR count). The van der Waals surface area contributed by atoms with Crippen molar-refractivity contribution in [2.45, 2.75) is 12.7 Å². The first kappa shape index (κ1) is 17.0. The van der Waals surface area contributed by atoms with Crippen LogP contribution in [0.3, 0.4) is 0 Å². The van der Waals surface area contributed by atoms with E-state index in [9.17, 15) is 14.0 Å². The van der Waals surface area contributed by atoms with Gasteiger partial charge in [-0.05, 0) is 31.2 Å². The predicted molar refractivity (Wildman–Crippen MR) is 88.7 cm³/mol. The van der Waals surface area contributed by atoms with E-state index in [1.165, 1.54) is 24.8 Å². The molecule has 0 saturated carbocycles. The van der Waals surface area contributed by atoms with Crippen LogP contribution in [-0.2, 0) is 10.5 Å². The smallest absolute Gasteiger partial charge is 0.248 e. The van der Waals surface area contributed by atoms with Crippen molar-refractivity contribution in [1.29, 1.82) is 0 Å². The fraction of sp³-hybridized carbons (Fsp3) is 0.188. The lowest BCUT2D eigenvalue weighted by atomic mass is 10.1. The van der Waals surface area contributed by atoms with Gasteiger partial charge in [0.05, 0.1) is 11.4 Å². The molecule has 1 aromatic heterocycles. The van der Waals surface area contributed by atoms with Gasteiger partial charge >= 0.3 is 0 Å². The Labute approximate surface area is 137 Å². The Bertz CT molecular complexity index is 723. The van der Waals surface area contributed by atoms with Crippen molar-refractivity contribution in [2.24, 2.45) is 5.73 Å². The molecule has 23 heavy (non-hydrogen) atoms. The van der Waals surface area contributed by atoms with Crippen LogP contribution in [0.4, 0.5) is 10.1 Å². The van der Waals surface area contributed by atoms with Crippen LogP contribution in [-0.4, -0.2) is 22.6 Å². The number of nitrogens with one attached hydrogen (secondary N) is 1. The molecule has 1 heterocycles. The lowest BCUT2D eigenvalue weighted by Crippen LogP contribution is -2.17. The van der Waals surface area contributed by atoms with E-state index in [1.807, 2.05) is 18.2 Å². The first-order valence-corrected chi connectivity index (χ1v) is 8.00. The fourth-order valence-electron chi connectivity index (χ4n) is 1.87. The van der Waals surface area contributed by atoms with Crippen molar-refractivity contribution in [1.82, 2.24) is 4.98 Å². The van der Waals surface area contributed by atoms with Gasteiger partial charge in [0, 0.05) is 28.8 Å². The van der Waals surface area contributed by atoms with Crippen LogP contribution in [0, 0.1) is 12.7 Å². The number of anilines is 1. The van der Waals surface area contributed by atoms with Gasteiger partial charge < -0.3 is 11.1 Å². The second-order valence-corrected chi connectivity index (χ2v) is 5.84. The van der Waals surface area contributed by atoms with Crippen LogP contribution in [0.1, 0.15) is 21.6 Å². The Morgan fingerprint density at radius 2 is 2.13 bits per heavy atom. The molecule has 0 saturated heterocycles. The Kier molecular flexibility index (Phi) is 5.70. The number of thioether (sulfide) groups is 1. The maximum atomic E-state index is 13.8. The number of nitrogens with zero attached hydrogens (tertiary/aromatic N) is 1. The summed E-state index contributed by atoms with van der Waals surface area (Å²) in [5.74, 6) is -0.821. The van der Waals surface area contributed by atoms with E-state index >= 15 is 0 Å². The maximum Gasteiger partial charge on any atom is 0.248 e. The molecule has 0 atom stereocenters. The third-order valence-electron chi connectivity index (χ3n) is 3.11. The normalized spacial score (nSPS) is 10.3. The van der Waals surface area contributed by atoms with Crippen LogP contribution < -0.4 is 11.1 Å². The number of nitrogens with two attached hydrogens (primary N) is 1. The molecule has 120 valence electrons. The standard InChI is InChI=1S/C16H16FN3O2S/c1-10-13(17)6-11(16(18)22)7-14(10)20-15(21)9-23-8-12-4-2-3-5-19-12/h2-7H,8-9H2,1H3,(H2,18,22)(H,20,21). The number of primary amides is 1. The molecule has 2 amide bonds. The third kappa shape index (κ3) is 4.79. The lowest BCUT2D eigenvalue weighted by molar-refractivity contribution is -0.113. The Morgan fingerprint density at radius 3 is 2.78 bits per heavy atom. The second kappa shape index (κ2) is 7.73. The van der Waals surface area contributed by atoms with Crippen LogP contribution >= 0.6 is 11.8 Å². The van der Waals surface area contributed by atoms with Crippen molar-refractivity contribution in [2.75, 3.05) is 11.1 Å². The van der Waals surface area contributed by atoms with E-state index in [0.29, 0.717) is 5.75 Å². The summed E-state index contributed by atoms with van der Waals surface area (Å²) in [7, 11) is 0. The molecule has 2 aromatic rings. The average molecular weight is 333 g/mol. The van der Waals surface area contributed by atoms with Gasteiger partial charge in [-0.2, -0.15) is 0 Å². The molecule has 0 aliphatic rings. The van der Waals surface area contributed by atoms with Gasteiger partial charge in [-0.15, -0.1) is 11.8 Å². The second-order valence-electron chi connectivity index (χ2n) is 4.86. The Hall–Kier alpha value is -2.41. The summed E-state index contributed by atoms with van der Waals surface area (Å²) in [5.41, 5.74) is 6.56. The van der Waals surface area contributed by atoms with E-state index < -0.39 is 11.7 Å². The highest BCUT2D eigenvalue weighted by molar-refractivity contribution is 7.99. The quantitative estimate of drug-likeness (QED) is 0.850. The molecular weight excluding hydrogens is 317 g/mol. The van der Waals surface area contributed by atoms with E-state index in [-0.39, 0.29) is 28.5 Å². The molecular formula is C16H16FN3O2S. The summed E-state index contributed by atoms with van der Waals surface area (Å²) in [6.07, 6.45) is 1.69. The minimum Gasteiger partial charge on any atom is -0.366 e. The van der Waals surface area contributed by atoms with Crippen LogP contribution in [0.25, 0.3) is 0 Å². The summed E-state index contributed by atoms with van der Waals surface area (Å²) in [5, 5.41) is 2.60. The number of hydrogen-bond donors (Lipinski definition) is 2. The van der Waals surface area contributed by atoms with E-state index in [4.69, 9.17) is 5.73 Å². The van der Waals surface area contributed by atoms with Gasteiger partial charge in [0.1, 0.15) is 5.82 Å². The largest absolute Gasteiger partial charge is 0.366 e. The van der Waals surface area contributed by atoms with Crippen LogP contribution in [0.15, 0.2) is 36.5 Å². The molecule has 0 radical (unpaired) electrons. The third-order valence-corrected chi connectivity index (χ3v) is 4.08. The van der Waals surface area contributed by atoms with Crippen molar-refractivity contribution < 1.29 is 14.0 Å². The van der Waals surface area contributed by atoms with Crippen LogP contribution in [0.2, 0.25) is 0 Å². The zero-order chi connectivity index (χ0) is 16.8. The predicted octanol–water partition coefficient (Wildman–Crippen LogP) is 2.50. The van der Waals surface area contributed by atoms with Gasteiger partial charge in [0.2, 0.25) is 11.8 Å². The highest BCUT2D eigenvalue weighted by Crippen LogP contribution is 2.21. The summed E-state index contributed by atoms with van der Waals surface area (Å²) in [6, 6.07) is 8.01. The Balaban J connectivity index is 1.96. The SMILES string of the molecule is Cc1c(F)cc(C(N)=O)cc1NC(=O)CSCc1ccccn1. The van der Waals surface area contributed by atoms with Crippen molar-refractivity contribution >= 4 is 29.3 Å². The molecule has 0 unspecified atom stereocenters. The topological polar surface area (TPSA) is 85.1 Å². The molecule has 0 aliphatic heterocycles. The van der Waals surface area contributed by atoms with Crippen molar-refractivity contribution in [3.05, 3.63) is 59.2 Å². The number of pyridine rings is 1. The molecule has 0 aliphatic carbocycles. The highest BCUT2D eigenvalue weighted by Gasteiger charge is 2.12. The molecule has 0 bridgehead atoms. The number of aromatic nitrogens is 1. The summed E-state index contributed by atoms with van der Waals surface area (Å²) >= 11 is 1.39. The molecule has 3 N–H and O–H groups in total. The lowest BCUT2D eigenvalue weighted by Gasteiger charge is -2.10. The summed E-state index contributed by atoms with van der Waals surface area (Å²) in [4.78, 5) is 27.3. The summed E-state index contributed by atoms with van der Waals surface area (Å²) in [6.45, 7) is 1.52. The number of rotatable bonds is 6. The average Bonchev–Trinajstić information content (AvgIpc) is 2.52. The zero-order valence-corrected chi connectivity index (χ0v) is 13.3. The maximum absolute atomic E-state index is 13.8. The number of halogens is 1. The van der Waals surface area contributed by atoms with E-state index in [1.54, 1.807) is 6.20 Å². The first-order chi connectivity index (χ1) is 11.0. The summed E-state index contributed by atoms with van der Waals surface area (Å²) < 4.78 is 13.8. The monoisotopic (exact) mass is 333 g/mol. The first-order valence-electron chi connectivity index (χ1n) is 6.85. The highest BCUT2D eigenvalue weighted by atomic mass is 32.2. The molecule has 0 fully saturated rings. The molecule has 1 aromatic carbocycles. The van der Waals surface area contributed by atoms with Crippen LogP contribution in [0.5, 0.6) is 0 Å². The molecule has 7 heteroatoms. The number of carbonyl (C=O) groups excluding carboxylic acids is 2. The fourth-order valence-corrected chi connectivity index (χ4v) is 2.61.